The molecule has 0 fully saturated rings. The molecule has 6 heteroatoms. The van der Waals surface area contributed by atoms with Crippen LogP contribution in [0.15, 0.2) is 23.8 Å². The summed E-state index contributed by atoms with van der Waals surface area (Å²) in [6.45, 7) is 0.722. The Labute approximate surface area is 74.9 Å². The van der Waals surface area contributed by atoms with Crippen molar-refractivity contribution in [2.45, 2.75) is 18.9 Å². The standard InChI is InChI=1S/C7H10BF2NO2/c1-7(9,10)6-5(8(12)13)3-2-4-11-6/h2-4,6,11-13H,1H3. The molecule has 0 aromatic heterocycles. The Morgan fingerprint density at radius 3 is 2.54 bits per heavy atom. The molecule has 1 rings (SSSR count). The van der Waals surface area contributed by atoms with Crippen LogP contribution in [0.25, 0.3) is 0 Å². The van der Waals surface area contributed by atoms with Crippen LogP contribution in [0.2, 0.25) is 0 Å². The van der Waals surface area contributed by atoms with Gasteiger partial charge in [0.15, 0.2) is 0 Å². The number of allylic oxidation sites excluding steroid dienone is 2. The average Bonchev–Trinajstić information content (AvgIpc) is 2.03. The van der Waals surface area contributed by atoms with Crippen LogP contribution in [0.4, 0.5) is 8.78 Å². The number of halogens is 2. The summed E-state index contributed by atoms with van der Waals surface area (Å²) in [7, 11) is -1.85. The fourth-order valence-corrected chi connectivity index (χ4v) is 1.18. The lowest BCUT2D eigenvalue weighted by Gasteiger charge is -2.28. The van der Waals surface area contributed by atoms with E-state index in [4.69, 9.17) is 10.0 Å². The normalized spacial score (nSPS) is 22.2. The second-order valence-corrected chi connectivity index (χ2v) is 2.96. The highest BCUT2D eigenvalue weighted by Gasteiger charge is 2.40. The monoisotopic (exact) mass is 189 g/mol. The van der Waals surface area contributed by atoms with Crippen molar-refractivity contribution in [3.63, 3.8) is 0 Å². The van der Waals surface area contributed by atoms with Gasteiger partial charge in [-0.2, -0.15) is 0 Å². The van der Waals surface area contributed by atoms with Gasteiger partial charge in [-0.05, 0) is 17.7 Å². The van der Waals surface area contributed by atoms with Crippen molar-refractivity contribution < 1.29 is 18.8 Å². The van der Waals surface area contributed by atoms with Crippen molar-refractivity contribution in [1.29, 1.82) is 0 Å². The predicted molar refractivity (Wildman–Crippen MR) is 45.0 cm³/mol. The minimum absolute atomic E-state index is 0.130. The first-order chi connectivity index (χ1) is 5.93. The third-order valence-corrected chi connectivity index (χ3v) is 1.79. The van der Waals surface area contributed by atoms with Gasteiger partial charge in [-0.1, -0.05) is 6.08 Å². The zero-order chi connectivity index (χ0) is 10.1. The van der Waals surface area contributed by atoms with Crippen molar-refractivity contribution in [2.75, 3.05) is 0 Å². The lowest BCUT2D eigenvalue weighted by Crippen LogP contribution is -2.47. The van der Waals surface area contributed by atoms with Crippen LogP contribution in [0.3, 0.4) is 0 Å². The first kappa shape index (κ1) is 10.2. The van der Waals surface area contributed by atoms with Gasteiger partial charge < -0.3 is 15.4 Å². The number of rotatable bonds is 2. The molecule has 13 heavy (non-hydrogen) atoms. The number of alkyl halides is 2. The molecular weight excluding hydrogens is 179 g/mol. The Bertz CT molecular complexity index is 247. The highest BCUT2D eigenvalue weighted by molar-refractivity contribution is 6.51. The summed E-state index contributed by atoms with van der Waals surface area (Å²) >= 11 is 0. The molecule has 0 amide bonds. The van der Waals surface area contributed by atoms with E-state index in [2.05, 4.69) is 5.32 Å². The molecule has 0 saturated carbocycles. The zero-order valence-corrected chi connectivity index (χ0v) is 7.04. The van der Waals surface area contributed by atoms with E-state index in [0.717, 1.165) is 6.92 Å². The van der Waals surface area contributed by atoms with Gasteiger partial charge in [0.05, 0.1) is 0 Å². The molecule has 0 spiro atoms. The molecule has 1 heterocycles. The van der Waals surface area contributed by atoms with Crippen molar-refractivity contribution in [1.82, 2.24) is 5.32 Å². The van der Waals surface area contributed by atoms with Gasteiger partial charge in [0.25, 0.3) is 5.92 Å². The van der Waals surface area contributed by atoms with Crippen LogP contribution < -0.4 is 5.32 Å². The van der Waals surface area contributed by atoms with Crippen molar-refractivity contribution in [2.24, 2.45) is 0 Å². The van der Waals surface area contributed by atoms with E-state index >= 15 is 0 Å². The molecule has 0 saturated heterocycles. The van der Waals surface area contributed by atoms with Crippen molar-refractivity contribution in [3.8, 4) is 0 Å². The van der Waals surface area contributed by atoms with Gasteiger partial charge in [0.1, 0.15) is 6.04 Å². The fraction of sp³-hybridized carbons (Fsp3) is 0.429. The maximum absolute atomic E-state index is 12.9. The van der Waals surface area contributed by atoms with E-state index in [9.17, 15) is 8.78 Å². The highest BCUT2D eigenvalue weighted by atomic mass is 19.3. The molecule has 1 aliphatic rings. The van der Waals surface area contributed by atoms with Gasteiger partial charge >= 0.3 is 7.12 Å². The summed E-state index contributed by atoms with van der Waals surface area (Å²) in [6.07, 6.45) is 4.05. The van der Waals surface area contributed by atoms with E-state index in [1.807, 2.05) is 0 Å². The SMILES string of the molecule is CC(F)(F)C1NC=CC=C1B(O)O. The lowest BCUT2D eigenvalue weighted by atomic mass is 9.72. The van der Waals surface area contributed by atoms with E-state index in [-0.39, 0.29) is 5.47 Å². The third-order valence-electron chi connectivity index (χ3n) is 1.79. The minimum Gasteiger partial charge on any atom is -0.423 e. The Hall–Kier alpha value is -0.875. The Balaban J connectivity index is 2.88. The second-order valence-electron chi connectivity index (χ2n) is 2.96. The molecular formula is C7H10BF2NO2. The van der Waals surface area contributed by atoms with Crippen LogP contribution >= 0.6 is 0 Å². The summed E-state index contributed by atoms with van der Waals surface area (Å²) in [5.41, 5.74) is -0.130. The quantitative estimate of drug-likeness (QED) is 0.538. The molecule has 3 N–H and O–H groups in total. The second kappa shape index (κ2) is 3.47. The molecule has 0 radical (unpaired) electrons. The minimum atomic E-state index is -3.03. The number of hydrogen-bond donors (Lipinski definition) is 3. The van der Waals surface area contributed by atoms with Crippen molar-refractivity contribution in [3.05, 3.63) is 23.8 Å². The summed E-state index contributed by atoms with van der Waals surface area (Å²) < 4.78 is 25.7. The van der Waals surface area contributed by atoms with E-state index in [1.165, 1.54) is 18.4 Å². The van der Waals surface area contributed by atoms with Gasteiger partial charge in [0, 0.05) is 6.92 Å². The van der Waals surface area contributed by atoms with Gasteiger partial charge in [0.2, 0.25) is 0 Å². The third kappa shape index (κ3) is 2.29. The topological polar surface area (TPSA) is 52.5 Å². The average molecular weight is 189 g/mol. The lowest BCUT2D eigenvalue weighted by molar-refractivity contribution is -0.00154. The van der Waals surface area contributed by atoms with Gasteiger partial charge in [-0.3, -0.25) is 0 Å². The molecule has 3 nitrogen and oxygen atoms in total. The molecule has 1 aliphatic heterocycles. The Morgan fingerprint density at radius 2 is 2.15 bits per heavy atom. The molecule has 0 aromatic rings. The largest absolute Gasteiger partial charge is 0.486 e. The van der Waals surface area contributed by atoms with E-state index in [0.29, 0.717) is 0 Å². The van der Waals surface area contributed by atoms with Crippen molar-refractivity contribution >= 4 is 7.12 Å². The molecule has 0 bridgehead atoms. The van der Waals surface area contributed by atoms with Gasteiger partial charge in [-0.25, -0.2) is 8.78 Å². The molecule has 0 aliphatic carbocycles. The number of hydrogen-bond acceptors (Lipinski definition) is 3. The number of dihydropyridines is 1. The molecule has 0 aromatic carbocycles. The van der Waals surface area contributed by atoms with Crippen LogP contribution in [0.1, 0.15) is 6.92 Å². The maximum atomic E-state index is 12.9. The highest BCUT2D eigenvalue weighted by Crippen LogP contribution is 2.25. The predicted octanol–water partition coefficient (Wildman–Crippen LogP) is 0.0655. The van der Waals surface area contributed by atoms with E-state index < -0.39 is 19.1 Å². The van der Waals surface area contributed by atoms with Crippen LogP contribution in [-0.2, 0) is 0 Å². The van der Waals surface area contributed by atoms with Crippen LogP contribution in [0.5, 0.6) is 0 Å². The van der Waals surface area contributed by atoms with Crippen LogP contribution in [0, 0.1) is 0 Å². The zero-order valence-electron chi connectivity index (χ0n) is 7.04. The van der Waals surface area contributed by atoms with Crippen LogP contribution in [-0.4, -0.2) is 29.1 Å². The maximum Gasteiger partial charge on any atom is 0.486 e. The Morgan fingerprint density at radius 1 is 1.54 bits per heavy atom. The smallest absolute Gasteiger partial charge is 0.423 e. The summed E-state index contributed by atoms with van der Waals surface area (Å²) in [5.74, 6) is -3.03. The first-order valence-corrected chi connectivity index (χ1v) is 3.79. The molecule has 1 atom stereocenters. The molecule has 1 unspecified atom stereocenters. The summed E-state index contributed by atoms with van der Waals surface area (Å²) in [6, 6.07) is -1.35. The van der Waals surface area contributed by atoms with E-state index in [1.54, 1.807) is 0 Å². The molecule has 72 valence electrons. The summed E-state index contributed by atoms with van der Waals surface area (Å²) in [5, 5.41) is 20.0. The first-order valence-electron chi connectivity index (χ1n) is 3.79. The Kier molecular flexibility index (Phi) is 2.73. The fourth-order valence-electron chi connectivity index (χ4n) is 1.18. The number of nitrogens with one attached hydrogen (secondary N) is 1. The van der Waals surface area contributed by atoms with Gasteiger partial charge in [-0.15, -0.1) is 0 Å². The summed E-state index contributed by atoms with van der Waals surface area (Å²) in [4.78, 5) is 0.